The zero-order valence-corrected chi connectivity index (χ0v) is 8.66. The van der Waals surface area contributed by atoms with Crippen molar-refractivity contribution < 1.29 is 13.9 Å². The lowest BCUT2D eigenvalue weighted by molar-refractivity contribution is -0.140. The van der Waals surface area contributed by atoms with E-state index >= 15 is 0 Å². The van der Waals surface area contributed by atoms with Gasteiger partial charge in [-0.1, -0.05) is 0 Å². The molecule has 0 aliphatic rings. The molecule has 2 N–H and O–H groups in total. The molecule has 0 atom stereocenters. The van der Waals surface area contributed by atoms with Gasteiger partial charge in [-0.15, -0.1) is 0 Å². The minimum atomic E-state index is -0.961. The summed E-state index contributed by atoms with van der Waals surface area (Å²) in [6, 6.07) is 1.57. The molecule has 0 saturated carbocycles. The lowest BCUT2D eigenvalue weighted by Crippen LogP contribution is -2.04. The Morgan fingerprint density at radius 2 is 2.40 bits per heavy atom. The number of nitrogens with zero attached hydrogens (tertiary/aromatic N) is 1. The Morgan fingerprint density at radius 1 is 1.73 bits per heavy atom. The van der Waals surface area contributed by atoms with Gasteiger partial charge < -0.3 is 15.0 Å². The van der Waals surface area contributed by atoms with E-state index in [1.807, 2.05) is 0 Å². The van der Waals surface area contributed by atoms with Crippen molar-refractivity contribution in [1.29, 1.82) is 0 Å². The number of halogens is 1. The van der Waals surface area contributed by atoms with Crippen molar-refractivity contribution >= 4 is 17.7 Å². The van der Waals surface area contributed by atoms with E-state index in [1.54, 1.807) is 30.8 Å². The lowest BCUT2D eigenvalue weighted by atomic mass is 10.3. The Balaban J connectivity index is 2.87. The molecule has 82 valence electrons. The third-order valence-electron chi connectivity index (χ3n) is 1.81. The van der Waals surface area contributed by atoms with Crippen molar-refractivity contribution in [3.05, 3.63) is 23.8 Å². The summed E-state index contributed by atoms with van der Waals surface area (Å²) in [5.41, 5.74) is 6.53. The molecule has 0 aliphatic carbocycles. The summed E-state index contributed by atoms with van der Waals surface area (Å²) < 4.78 is 19.3. The Labute approximate surface area is 87.1 Å². The molecule has 0 saturated heterocycles. The van der Waals surface area contributed by atoms with E-state index in [-0.39, 0.29) is 6.61 Å². The number of hydrogen-bond donors (Lipinski definition) is 1. The highest BCUT2D eigenvalue weighted by Gasteiger charge is 2.10. The number of aryl methyl sites for hydroxylation is 1. The standard InChI is InChI=1S/C10H13FN2O2/c1-3-15-10(14)9(11)5-8-4-7(12)6-13(8)2/h4-6H,3,12H2,1-2H3/b9-5-. The minimum absolute atomic E-state index is 0.148. The molecule has 0 unspecified atom stereocenters. The number of carbonyl (C=O) groups excluding carboxylic acids is 1. The molecule has 0 aliphatic heterocycles. The van der Waals surface area contributed by atoms with Crippen LogP contribution in [0.2, 0.25) is 0 Å². The predicted octanol–water partition coefficient (Wildman–Crippen LogP) is 1.48. The van der Waals surface area contributed by atoms with Gasteiger partial charge in [-0.3, -0.25) is 0 Å². The highest BCUT2D eigenvalue weighted by atomic mass is 19.1. The maximum absolute atomic E-state index is 13.2. The number of anilines is 1. The van der Waals surface area contributed by atoms with E-state index in [2.05, 4.69) is 4.74 Å². The van der Waals surface area contributed by atoms with Crippen molar-refractivity contribution in [3.63, 3.8) is 0 Å². The number of nitrogens with two attached hydrogens (primary N) is 1. The Morgan fingerprint density at radius 3 is 2.87 bits per heavy atom. The van der Waals surface area contributed by atoms with E-state index in [9.17, 15) is 9.18 Å². The normalized spacial score (nSPS) is 11.5. The molecule has 0 spiro atoms. The summed E-state index contributed by atoms with van der Waals surface area (Å²) >= 11 is 0. The van der Waals surface area contributed by atoms with E-state index in [0.717, 1.165) is 6.08 Å². The van der Waals surface area contributed by atoms with Crippen LogP contribution in [0.1, 0.15) is 12.6 Å². The van der Waals surface area contributed by atoms with E-state index in [0.29, 0.717) is 11.4 Å². The Bertz CT molecular complexity index is 396. The second kappa shape index (κ2) is 4.63. The molecule has 1 aromatic rings. The monoisotopic (exact) mass is 212 g/mol. The third-order valence-corrected chi connectivity index (χ3v) is 1.81. The maximum atomic E-state index is 13.2. The van der Waals surface area contributed by atoms with Gasteiger partial charge in [0.05, 0.1) is 6.61 Å². The molecule has 15 heavy (non-hydrogen) atoms. The van der Waals surface area contributed by atoms with Crippen LogP contribution in [0.3, 0.4) is 0 Å². The third kappa shape index (κ3) is 2.83. The molecule has 0 radical (unpaired) electrons. The number of nitrogen functional groups attached to an aromatic ring is 1. The van der Waals surface area contributed by atoms with Crippen LogP contribution in [0, 0.1) is 0 Å². The highest BCUT2D eigenvalue weighted by Crippen LogP contribution is 2.14. The average molecular weight is 212 g/mol. The Hall–Kier alpha value is -1.78. The number of ether oxygens (including phenoxy) is 1. The average Bonchev–Trinajstić information content (AvgIpc) is 2.45. The molecular weight excluding hydrogens is 199 g/mol. The fourth-order valence-corrected chi connectivity index (χ4v) is 1.14. The zero-order valence-electron chi connectivity index (χ0n) is 8.66. The zero-order chi connectivity index (χ0) is 11.4. The maximum Gasteiger partial charge on any atom is 0.367 e. The molecular formula is C10H13FN2O2. The van der Waals surface area contributed by atoms with Gasteiger partial charge in [-0.25, -0.2) is 4.79 Å². The van der Waals surface area contributed by atoms with Gasteiger partial charge in [-0.2, -0.15) is 4.39 Å². The minimum Gasteiger partial charge on any atom is -0.461 e. The topological polar surface area (TPSA) is 57.2 Å². The lowest BCUT2D eigenvalue weighted by Gasteiger charge is -1.99. The molecule has 0 bridgehead atoms. The van der Waals surface area contributed by atoms with Crippen LogP contribution < -0.4 is 5.73 Å². The molecule has 1 aromatic heterocycles. The fourth-order valence-electron chi connectivity index (χ4n) is 1.14. The van der Waals surface area contributed by atoms with Crippen LogP contribution in [0.15, 0.2) is 18.1 Å². The van der Waals surface area contributed by atoms with Gasteiger partial charge in [0, 0.05) is 30.7 Å². The summed E-state index contributed by atoms with van der Waals surface area (Å²) in [5, 5.41) is 0. The number of carbonyl (C=O) groups is 1. The second-order valence-corrected chi connectivity index (χ2v) is 3.02. The van der Waals surface area contributed by atoms with Crippen molar-refractivity contribution in [3.8, 4) is 0 Å². The molecule has 5 heteroatoms. The van der Waals surface area contributed by atoms with Gasteiger partial charge >= 0.3 is 5.97 Å². The first-order chi connectivity index (χ1) is 7.04. The first-order valence-corrected chi connectivity index (χ1v) is 4.50. The largest absolute Gasteiger partial charge is 0.461 e. The van der Waals surface area contributed by atoms with Crippen molar-refractivity contribution in [1.82, 2.24) is 4.57 Å². The van der Waals surface area contributed by atoms with Gasteiger partial charge in [0.25, 0.3) is 0 Å². The van der Waals surface area contributed by atoms with Gasteiger partial charge in [0.1, 0.15) is 0 Å². The summed E-state index contributed by atoms with van der Waals surface area (Å²) in [4.78, 5) is 11.0. The SMILES string of the molecule is CCOC(=O)/C(F)=C/c1cc(N)cn1C. The quantitative estimate of drug-likeness (QED) is 0.610. The van der Waals surface area contributed by atoms with Gasteiger partial charge in [-0.05, 0) is 13.0 Å². The van der Waals surface area contributed by atoms with Gasteiger partial charge in [0.15, 0.2) is 0 Å². The van der Waals surface area contributed by atoms with Crippen LogP contribution >= 0.6 is 0 Å². The smallest absolute Gasteiger partial charge is 0.367 e. The molecule has 1 heterocycles. The van der Waals surface area contributed by atoms with E-state index in [1.165, 1.54) is 0 Å². The first-order valence-electron chi connectivity index (χ1n) is 4.50. The molecule has 4 nitrogen and oxygen atoms in total. The number of rotatable bonds is 3. The van der Waals surface area contributed by atoms with E-state index in [4.69, 9.17) is 5.73 Å². The van der Waals surface area contributed by atoms with Crippen LogP contribution in [-0.4, -0.2) is 17.1 Å². The van der Waals surface area contributed by atoms with E-state index < -0.39 is 11.8 Å². The number of esters is 1. The summed E-state index contributed by atoms with van der Waals surface area (Å²) in [5.74, 6) is -1.89. The number of hydrogen-bond acceptors (Lipinski definition) is 3. The van der Waals surface area contributed by atoms with Gasteiger partial charge in [0.2, 0.25) is 5.83 Å². The molecule has 0 aromatic carbocycles. The van der Waals surface area contributed by atoms with Crippen LogP contribution in [0.4, 0.5) is 10.1 Å². The van der Waals surface area contributed by atoms with Crippen molar-refractivity contribution in [2.75, 3.05) is 12.3 Å². The second-order valence-electron chi connectivity index (χ2n) is 3.02. The first kappa shape index (κ1) is 11.3. The fraction of sp³-hybridized carbons (Fsp3) is 0.300. The molecule has 1 rings (SSSR count). The van der Waals surface area contributed by atoms with Crippen molar-refractivity contribution in [2.24, 2.45) is 7.05 Å². The Kier molecular flexibility index (Phi) is 3.49. The molecule has 0 fully saturated rings. The highest BCUT2D eigenvalue weighted by molar-refractivity contribution is 5.91. The predicted molar refractivity (Wildman–Crippen MR) is 55.5 cm³/mol. The summed E-state index contributed by atoms with van der Waals surface area (Å²) in [7, 11) is 1.71. The van der Waals surface area contributed by atoms with Crippen LogP contribution in [0.5, 0.6) is 0 Å². The van der Waals surface area contributed by atoms with Crippen molar-refractivity contribution in [2.45, 2.75) is 6.92 Å². The van der Waals surface area contributed by atoms with Crippen LogP contribution in [0.25, 0.3) is 6.08 Å². The number of aromatic nitrogens is 1. The summed E-state index contributed by atoms with van der Waals surface area (Å²) in [6.45, 7) is 1.76. The summed E-state index contributed by atoms with van der Waals surface area (Å²) in [6.07, 6.45) is 2.72. The molecule has 0 amide bonds. The van der Waals surface area contributed by atoms with Crippen LogP contribution in [-0.2, 0) is 16.6 Å².